The van der Waals surface area contributed by atoms with Crippen LogP contribution in [0.3, 0.4) is 0 Å². The maximum Gasteiger partial charge on any atom is 0.173 e. The van der Waals surface area contributed by atoms with E-state index in [0.29, 0.717) is 6.42 Å². The van der Waals surface area contributed by atoms with E-state index >= 15 is 0 Å². The predicted molar refractivity (Wildman–Crippen MR) is 77.0 cm³/mol. The molecule has 0 radical (unpaired) electrons. The van der Waals surface area contributed by atoms with Crippen LogP contribution in [0.1, 0.15) is 26.2 Å². The van der Waals surface area contributed by atoms with Gasteiger partial charge >= 0.3 is 0 Å². The summed E-state index contributed by atoms with van der Waals surface area (Å²) in [7, 11) is 0. The fourth-order valence-electron chi connectivity index (χ4n) is 2.98. The van der Waals surface area contributed by atoms with Crippen molar-refractivity contribution >= 4 is 0 Å². The molecule has 1 aliphatic carbocycles. The average Bonchev–Trinajstić information content (AvgIpc) is 2.42. The lowest BCUT2D eigenvalue weighted by Crippen LogP contribution is -2.64. The number of hydrogen-bond acceptors (Lipinski definition) is 8. The topological polar surface area (TPSA) is 163 Å². The first-order chi connectivity index (χ1) is 9.81. The predicted octanol–water partition coefficient (Wildman–Crippen LogP) is -2.67. The summed E-state index contributed by atoms with van der Waals surface area (Å²) in [4.78, 5) is 0. The van der Waals surface area contributed by atoms with Crippen LogP contribution in [-0.2, 0) is 9.47 Å². The van der Waals surface area contributed by atoms with Crippen LogP contribution in [0.25, 0.3) is 0 Å². The summed E-state index contributed by atoms with van der Waals surface area (Å²) in [6.45, 7) is 1.86. The lowest BCUT2D eigenvalue weighted by atomic mass is 9.84. The summed E-state index contributed by atoms with van der Waals surface area (Å²) in [5, 5.41) is 20.0. The summed E-state index contributed by atoms with van der Waals surface area (Å²) >= 11 is 0. The van der Waals surface area contributed by atoms with Gasteiger partial charge in [-0.3, -0.25) is 0 Å². The molecular formula is C13H28N4O4. The van der Waals surface area contributed by atoms with Gasteiger partial charge in [0.05, 0.1) is 18.2 Å². The monoisotopic (exact) mass is 304 g/mol. The van der Waals surface area contributed by atoms with Crippen LogP contribution in [0.5, 0.6) is 0 Å². The highest BCUT2D eigenvalue weighted by Gasteiger charge is 2.44. The Morgan fingerprint density at radius 1 is 1.05 bits per heavy atom. The van der Waals surface area contributed by atoms with Crippen LogP contribution in [-0.4, -0.2) is 65.1 Å². The molecule has 0 amide bonds. The van der Waals surface area contributed by atoms with Crippen molar-refractivity contribution in [2.24, 2.45) is 22.9 Å². The quantitative estimate of drug-likeness (QED) is 0.329. The number of ether oxygens (including phenoxy) is 2. The van der Waals surface area contributed by atoms with Gasteiger partial charge in [-0.15, -0.1) is 0 Å². The van der Waals surface area contributed by atoms with Gasteiger partial charge in [-0.05, 0) is 26.2 Å². The van der Waals surface area contributed by atoms with E-state index in [2.05, 4.69) is 0 Å². The average molecular weight is 304 g/mol. The minimum Gasteiger partial charge on any atom is -0.389 e. The van der Waals surface area contributed by atoms with Crippen LogP contribution in [0.4, 0.5) is 0 Å². The van der Waals surface area contributed by atoms with Gasteiger partial charge in [0.1, 0.15) is 12.2 Å². The summed E-state index contributed by atoms with van der Waals surface area (Å²) in [5.74, 6) is 0. The van der Waals surface area contributed by atoms with Crippen LogP contribution in [0, 0.1) is 0 Å². The minimum absolute atomic E-state index is 0.132. The molecule has 21 heavy (non-hydrogen) atoms. The molecule has 1 heterocycles. The van der Waals surface area contributed by atoms with Crippen molar-refractivity contribution in [1.82, 2.24) is 0 Å². The van der Waals surface area contributed by atoms with Crippen LogP contribution in [0.2, 0.25) is 0 Å². The number of nitrogens with two attached hydrogens (primary N) is 4. The van der Waals surface area contributed by atoms with E-state index in [1.54, 1.807) is 0 Å². The molecule has 0 aromatic carbocycles. The smallest absolute Gasteiger partial charge is 0.173 e. The SMILES string of the molecule is C[C@@H](N)[C@@H]1CC[C@@H](N)[C@@H](O[C@H]2[C@H](O)[C@@H](O)[C@H](N)C[C@@H]2N)O1. The van der Waals surface area contributed by atoms with Gasteiger partial charge < -0.3 is 42.6 Å². The maximum atomic E-state index is 10.1. The van der Waals surface area contributed by atoms with Gasteiger partial charge in [0, 0.05) is 18.1 Å². The van der Waals surface area contributed by atoms with E-state index in [-0.39, 0.29) is 18.2 Å². The zero-order valence-electron chi connectivity index (χ0n) is 12.3. The molecule has 0 unspecified atom stereocenters. The Hall–Kier alpha value is -0.320. The number of aliphatic hydroxyl groups is 2. The first-order valence-electron chi connectivity index (χ1n) is 7.50. The lowest BCUT2D eigenvalue weighted by Gasteiger charge is -2.44. The largest absolute Gasteiger partial charge is 0.389 e. The molecule has 10 N–H and O–H groups in total. The summed E-state index contributed by atoms with van der Waals surface area (Å²) in [5.41, 5.74) is 23.6. The molecule has 0 aromatic heterocycles. The van der Waals surface area contributed by atoms with E-state index in [1.807, 2.05) is 6.92 Å². The van der Waals surface area contributed by atoms with Crippen molar-refractivity contribution in [3.8, 4) is 0 Å². The van der Waals surface area contributed by atoms with Crippen molar-refractivity contribution in [2.75, 3.05) is 0 Å². The number of aliphatic hydroxyl groups excluding tert-OH is 2. The highest BCUT2D eigenvalue weighted by molar-refractivity contribution is 4.98. The van der Waals surface area contributed by atoms with Gasteiger partial charge in [-0.2, -0.15) is 0 Å². The van der Waals surface area contributed by atoms with E-state index < -0.39 is 36.7 Å². The Balaban J connectivity index is 2.01. The molecular weight excluding hydrogens is 276 g/mol. The van der Waals surface area contributed by atoms with Crippen molar-refractivity contribution < 1.29 is 19.7 Å². The zero-order chi connectivity index (χ0) is 15.7. The molecule has 0 aromatic rings. The fourth-order valence-corrected chi connectivity index (χ4v) is 2.98. The van der Waals surface area contributed by atoms with Gasteiger partial charge in [0.15, 0.2) is 6.29 Å². The molecule has 0 bridgehead atoms. The Morgan fingerprint density at radius 2 is 1.71 bits per heavy atom. The first kappa shape index (κ1) is 17.0. The molecule has 1 aliphatic heterocycles. The second-order valence-electron chi connectivity index (χ2n) is 6.29. The van der Waals surface area contributed by atoms with Gasteiger partial charge in [0.25, 0.3) is 0 Å². The summed E-state index contributed by atoms with van der Waals surface area (Å²) in [6.07, 6.45) is -1.97. The summed E-state index contributed by atoms with van der Waals surface area (Å²) in [6, 6.07) is -1.49. The molecule has 124 valence electrons. The van der Waals surface area contributed by atoms with E-state index in [0.717, 1.165) is 12.8 Å². The molecule has 0 spiro atoms. The Morgan fingerprint density at radius 3 is 2.33 bits per heavy atom. The molecule has 8 nitrogen and oxygen atoms in total. The standard InChI is InChI=1S/C13H28N4O4/c1-5(14)9-3-2-6(15)13(20-9)21-12-8(17)4-7(16)10(18)11(12)19/h5-13,18-19H,2-4,14-17H2,1H3/t5-,6-,7-,8+,9+,10+,11-,12-,13-/m1/s1. The van der Waals surface area contributed by atoms with E-state index in [4.69, 9.17) is 32.4 Å². The lowest BCUT2D eigenvalue weighted by molar-refractivity contribution is -0.255. The van der Waals surface area contributed by atoms with Crippen LogP contribution in [0.15, 0.2) is 0 Å². The van der Waals surface area contributed by atoms with Crippen molar-refractivity contribution in [3.63, 3.8) is 0 Å². The first-order valence-corrected chi connectivity index (χ1v) is 7.50. The number of rotatable bonds is 3. The normalized spacial score (nSPS) is 49.9. The third-order valence-electron chi connectivity index (χ3n) is 4.41. The second kappa shape index (κ2) is 6.84. The number of hydrogen-bond donors (Lipinski definition) is 6. The Bertz CT molecular complexity index is 346. The third-order valence-corrected chi connectivity index (χ3v) is 4.41. The molecule has 2 aliphatic rings. The Kier molecular flexibility index (Phi) is 5.55. The molecule has 1 saturated heterocycles. The van der Waals surface area contributed by atoms with E-state index in [9.17, 15) is 10.2 Å². The van der Waals surface area contributed by atoms with Crippen molar-refractivity contribution in [2.45, 2.75) is 81.1 Å². The fraction of sp³-hybridized carbons (Fsp3) is 1.00. The van der Waals surface area contributed by atoms with Crippen molar-refractivity contribution in [3.05, 3.63) is 0 Å². The molecule has 9 atom stereocenters. The van der Waals surface area contributed by atoms with Crippen LogP contribution < -0.4 is 22.9 Å². The van der Waals surface area contributed by atoms with Crippen molar-refractivity contribution in [1.29, 1.82) is 0 Å². The van der Waals surface area contributed by atoms with E-state index in [1.165, 1.54) is 0 Å². The maximum absolute atomic E-state index is 10.1. The molecule has 1 saturated carbocycles. The van der Waals surface area contributed by atoms with Gasteiger partial charge in [-0.25, -0.2) is 0 Å². The summed E-state index contributed by atoms with van der Waals surface area (Å²) < 4.78 is 11.5. The highest BCUT2D eigenvalue weighted by Crippen LogP contribution is 2.27. The molecule has 8 heteroatoms. The third kappa shape index (κ3) is 3.72. The van der Waals surface area contributed by atoms with Gasteiger partial charge in [0.2, 0.25) is 0 Å². The zero-order valence-corrected chi connectivity index (χ0v) is 12.3. The van der Waals surface area contributed by atoms with Gasteiger partial charge in [-0.1, -0.05) is 0 Å². The molecule has 2 rings (SSSR count). The van der Waals surface area contributed by atoms with Crippen LogP contribution >= 0.6 is 0 Å². The minimum atomic E-state index is -1.16. The highest BCUT2D eigenvalue weighted by atomic mass is 16.7. The second-order valence-corrected chi connectivity index (χ2v) is 6.29. The Labute approximate surface area is 124 Å². The molecule has 2 fully saturated rings.